The quantitative estimate of drug-likeness (QED) is 0.0907. The van der Waals surface area contributed by atoms with Crippen LogP contribution >= 0.6 is 46.4 Å². The fourth-order valence-corrected chi connectivity index (χ4v) is 8.15. The van der Waals surface area contributed by atoms with Crippen molar-refractivity contribution in [1.29, 1.82) is 0 Å². The molecule has 8 nitrogen and oxygen atoms in total. The second-order valence-electron chi connectivity index (χ2n) is 13.9. The highest BCUT2D eigenvalue weighted by atomic mass is 35.5. The Labute approximate surface area is 347 Å². The van der Waals surface area contributed by atoms with Crippen LogP contribution in [-0.4, -0.2) is 49.4 Å². The van der Waals surface area contributed by atoms with Gasteiger partial charge in [0, 0.05) is 51.4 Å². The number of halogens is 4. The van der Waals surface area contributed by atoms with Gasteiger partial charge in [0.15, 0.2) is 0 Å². The van der Waals surface area contributed by atoms with Crippen LogP contribution in [0, 0.1) is 0 Å². The Balaban J connectivity index is 1.86. The third-order valence-corrected chi connectivity index (χ3v) is 10.7. The number of hydrogen-bond acceptors (Lipinski definition) is 8. The molecule has 56 heavy (non-hydrogen) atoms. The van der Waals surface area contributed by atoms with Crippen LogP contribution in [0.3, 0.4) is 0 Å². The largest absolute Gasteiger partial charge is 0.496 e. The average Bonchev–Trinajstić information content (AvgIpc) is 3.14. The normalized spacial score (nSPS) is 12.1. The minimum Gasteiger partial charge on any atom is -0.496 e. The topological polar surface area (TPSA) is 105 Å². The minimum atomic E-state index is -0.435. The second kappa shape index (κ2) is 19.9. The highest BCUT2D eigenvalue weighted by Crippen LogP contribution is 2.41. The number of carbonyl (C=O) groups is 4. The first-order chi connectivity index (χ1) is 26.8. The van der Waals surface area contributed by atoms with Crippen molar-refractivity contribution < 1.29 is 38.1 Å². The SMILES string of the molecule is COc1c2cc(CCC(=O)Cl)cc1Cc1cc(CCC(=O)Cl)cc(c1OC)Cc1cc(CCC(=O)Cl)cc(c1OC)Cc1cc(CCC(=O)Cl)cc(c1OC)C2. The van der Waals surface area contributed by atoms with Gasteiger partial charge in [-0.3, -0.25) is 19.2 Å². The van der Waals surface area contributed by atoms with Gasteiger partial charge in [-0.2, -0.15) is 0 Å². The number of aryl methyl sites for hydroxylation is 4. The average molecular weight is 843 g/mol. The minimum absolute atomic E-state index is 0.151. The summed E-state index contributed by atoms with van der Waals surface area (Å²) >= 11 is 23.3. The number of methoxy groups -OCH3 is 4. The Morgan fingerprint density at radius 2 is 0.536 bits per heavy atom. The summed E-state index contributed by atoms with van der Waals surface area (Å²) in [6.45, 7) is 0. The van der Waals surface area contributed by atoms with Crippen molar-refractivity contribution in [3.63, 3.8) is 0 Å². The van der Waals surface area contributed by atoms with Crippen LogP contribution in [0.1, 0.15) is 92.4 Å². The van der Waals surface area contributed by atoms with Crippen molar-refractivity contribution >= 4 is 67.4 Å². The van der Waals surface area contributed by atoms with E-state index in [9.17, 15) is 19.2 Å². The Hall–Kier alpha value is -4.08. The van der Waals surface area contributed by atoms with Crippen LogP contribution in [0.25, 0.3) is 0 Å². The van der Waals surface area contributed by atoms with Crippen molar-refractivity contribution in [2.75, 3.05) is 28.4 Å². The van der Waals surface area contributed by atoms with Gasteiger partial charge in [0.1, 0.15) is 23.0 Å². The summed E-state index contributed by atoms with van der Waals surface area (Å²) in [6.07, 6.45) is 3.81. The van der Waals surface area contributed by atoms with Gasteiger partial charge in [0.25, 0.3) is 0 Å². The molecule has 12 heteroatoms. The molecule has 0 spiro atoms. The maximum atomic E-state index is 11.9. The summed E-state index contributed by atoms with van der Waals surface area (Å²) in [5.41, 5.74) is 10.5. The van der Waals surface area contributed by atoms with E-state index in [4.69, 9.17) is 65.4 Å². The molecule has 4 aromatic rings. The third-order valence-electron chi connectivity index (χ3n) is 9.99. The number of fused-ring (bicyclic) bond motifs is 8. The van der Waals surface area contributed by atoms with E-state index in [1.165, 1.54) is 0 Å². The van der Waals surface area contributed by atoms with Gasteiger partial charge in [-0.1, -0.05) is 48.5 Å². The smallest absolute Gasteiger partial charge is 0.221 e. The summed E-state index contributed by atoms with van der Waals surface area (Å²) in [4.78, 5) is 47.8. The number of ether oxygens (including phenoxy) is 4. The summed E-state index contributed by atoms with van der Waals surface area (Å²) in [5.74, 6) is 2.66. The lowest BCUT2D eigenvalue weighted by Gasteiger charge is -2.23. The molecule has 0 atom stereocenters. The van der Waals surface area contributed by atoms with Crippen molar-refractivity contribution in [3.8, 4) is 23.0 Å². The molecular weight excluding hydrogens is 798 g/mol. The molecule has 296 valence electrons. The van der Waals surface area contributed by atoms with Gasteiger partial charge < -0.3 is 18.9 Å². The van der Waals surface area contributed by atoms with Gasteiger partial charge in [-0.25, -0.2) is 0 Å². The third kappa shape index (κ3) is 11.1. The molecule has 0 fully saturated rings. The molecule has 0 unspecified atom stereocenters. The zero-order chi connectivity index (χ0) is 40.5. The van der Waals surface area contributed by atoms with Crippen molar-refractivity contribution in [3.05, 3.63) is 115 Å². The van der Waals surface area contributed by atoms with E-state index in [2.05, 4.69) is 0 Å². The fourth-order valence-electron chi connectivity index (χ4n) is 7.77. The lowest BCUT2D eigenvalue weighted by atomic mass is 9.87. The van der Waals surface area contributed by atoms with Crippen LogP contribution in [0.2, 0.25) is 0 Å². The van der Waals surface area contributed by atoms with E-state index < -0.39 is 21.0 Å². The van der Waals surface area contributed by atoms with Crippen molar-refractivity contribution in [1.82, 2.24) is 0 Å². The van der Waals surface area contributed by atoms with Crippen LogP contribution < -0.4 is 18.9 Å². The summed E-state index contributed by atoms with van der Waals surface area (Å²) in [6, 6.07) is 16.2. The molecular formula is C44H44Cl4O8. The number of carbonyl (C=O) groups excluding carboxylic acids is 4. The summed E-state index contributed by atoms with van der Waals surface area (Å²) < 4.78 is 24.7. The molecule has 1 aliphatic rings. The lowest BCUT2D eigenvalue weighted by Crippen LogP contribution is -2.09. The summed E-state index contributed by atoms with van der Waals surface area (Å²) in [5, 5.41) is -1.74. The monoisotopic (exact) mass is 840 g/mol. The standard InChI is InChI=1S/C44H44Cl4O8/c1-53-41-29-13-25(5-9-37(45)49)14-30(41)22-32-16-27(7-11-39(47)51)18-34(43(32)55-3)24-36-20-28(8-12-40(48)52)19-35(44(36)56-4)23-33-17-26(6-10-38(46)50)15-31(21-29)42(33)54-2/h13-20H,5-12,21-24H2,1-4H3. The molecule has 5 rings (SSSR count). The van der Waals surface area contributed by atoms with E-state index in [0.717, 1.165) is 66.8 Å². The highest BCUT2D eigenvalue weighted by molar-refractivity contribution is 6.64. The maximum Gasteiger partial charge on any atom is 0.221 e. The highest BCUT2D eigenvalue weighted by Gasteiger charge is 2.24. The maximum absolute atomic E-state index is 11.9. The second-order valence-corrected chi connectivity index (χ2v) is 15.6. The first-order valence-corrected chi connectivity index (χ1v) is 19.8. The number of benzene rings is 4. The first kappa shape index (κ1) is 43.1. The van der Waals surface area contributed by atoms with E-state index in [1.54, 1.807) is 28.4 Å². The summed E-state index contributed by atoms with van der Waals surface area (Å²) in [7, 11) is 6.53. The molecule has 0 aliphatic heterocycles. The Morgan fingerprint density at radius 1 is 0.375 bits per heavy atom. The molecule has 0 amide bonds. The van der Waals surface area contributed by atoms with Gasteiger partial charge in [-0.15, -0.1) is 0 Å². The van der Waals surface area contributed by atoms with Gasteiger partial charge in [0.05, 0.1) is 28.4 Å². The lowest BCUT2D eigenvalue weighted by molar-refractivity contribution is -0.112. The Bertz CT molecular complexity index is 1750. The first-order valence-electron chi connectivity index (χ1n) is 18.3. The molecule has 0 radical (unpaired) electrons. The number of rotatable bonds is 16. The zero-order valence-electron chi connectivity index (χ0n) is 31.9. The Kier molecular flexibility index (Phi) is 15.3. The van der Waals surface area contributed by atoms with Crippen LogP contribution in [-0.2, 0) is 70.5 Å². The van der Waals surface area contributed by atoms with Crippen LogP contribution in [0.4, 0.5) is 0 Å². The van der Waals surface area contributed by atoms with Crippen LogP contribution in [0.15, 0.2) is 48.5 Å². The molecule has 8 bridgehead atoms. The molecule has 4 aromatic carbocycles. The molecule has 1 aliphatic carbocycles. The van der Waals surface area contributed by atoms with Crippen LogP contribution in [0.5, 0.6) is 23.0 Å². The molecule has 0 heterocycles. The molecule has 0 saturated heterocycles. The number of hydrogen-bond donors (Lipinski definition) is 0. The van der Waals surface area contributed by atoms with Crippen molar-refractivity contribution in [2.24, 2.45) is 0 Å². The molecule has 0 aromatic heterocycles. The van der Waals surface area contributed by atoms with Crippen molar-refractivity contribution in [2.45, 2.75) is 77.0 Å². The molecule has 0 N–H and O–H groups in total. The predicted octanol–water partition coefficient (Wildman–Crippen LogP) is 9.19. The van der Waals surface area contributed by atoms with E-state index in [0.29, 0.717) is 74.4 Å². The van der Waals surface area contributed by atoms with Gasteiger partial charge in [0.2, 0.25) is 21.0 Å². The van der Waals surface area contributed by atoms with E-state index in [1.807, 2.05) is 48.5 Å². The van der Waals surface area contributed by atoms with Gasteiger partial charge in [-0.05, 0) is 139 Å². The van der Waals surface area contributed by atoms with E-state index >= 15 is 0 Å². The zero-order valence-corrected chi connectivity index (χ0v) is 34.9. The Morgan fingerprint density at radius 3 is 0.661 bits per heavy atom. The van der Waals surface area contributed by atoms with Gasteiger partial charge >= 0.3 is 0 Å². The fraction of sp³-hybridized carbons (Fsp3) is 0.364. The molecule has 0 saturated carbocycles. The predicted molar refractivity (Wildman–Crippen MR) is 220 cm³/mol. The van der Waals surface area contributed by atoms with E-state index in [-0.39, 0.29) is 25.7 Å².